The van der Waals surface area contributed by atoms with Gasteiger partial charge in [0.2, 0.25) is 5.75 Å². The number of aliphatic hydroxyl groups is 1. The highest BCUT2D eigenvalue weighted by atomic mass is 35.5. The zero-order valence-electron chi connectivity index (χ0n) is 7.01. The van der Waals surface area contributed by atoms with Crippen molar-refractivity contribution in [3.63, 3.8) is 0 Å². The summed E-state index contributed by atoms with van der Waals surface area (Å²) in [6, 6.07) is 1.23. The van der Waals surface area contributed by atoms with Gasteiger partial charge in [-0.2, -0.15) is 0 Å². The largest absolute Gasteiger partial charge is 0.484 e. The van der Waals surface area contributed by atoms with Gasteiger partial charge in [0.25, 0.3) is 0 Å². The third kappa shape index (κ3) is 2.54. The lowest BCUT2D eigenvalue weighted by molar-refractivity contribution is -0.386. The second kappa shape index (κ2) is 4.73. The summed E-state index contributed by atoms with van der Waals surface area (Å²) in [6.45, 7) is -0.252. The number of pyridine rings is 1. The van der Waals surface area contributed by atoms with E-state index < -0.39 is 4.92 Å². The van der Waals surface area contributed by atoms with Gasteiger partial charge < -0.3 is 9.84 Å². The van der Waals surface area contributed by atoms with E-state index in [0.717, 1.165) is 6.20 Å². The van der Waals surface area contributed by atoms with Crippen molar-refractivity contribution in [1.82, 2.24) is 4.98 Å². The molecule has 0 saturated carbocycles. The van der Waals surface area contributed by atoms with Crippen LogP contribution in [-0.2, 0) is 0 Å². The van der Waals surface area contributed by atoms with Crippen molar-refractivity contribution in [2.75, 3.05) is 13.2 Å². The van der Waals surface area contributed by atoms with Gasteiger partial charge in [0, 0.05) is 6.07 Å². The Kier molecular flexibility index (Phi) is 3.61. The van der Waals surface area contributed by atoms with Crippen molar-refractivity contribution in [2.45, 2.75) is 0 Å². The molecule has 0 aliphatic carbocycles. The quantitative estimate of drug-likeness (QED) is 0.463. The molecule has 6 nitrogen and oxygen atoms in total. The number of hydrogen-bond donors (Lipinski definition) is 1. The van der Waals surface area contributed by atoms with Gasteiger partial charge in [0.15, 0.2) is 0 Å². The van der Waals surface area contributed by atoms with Crippen LogP contribution in [0.15, 0.2) is 12.3 Å². The molecule has 0 radical (unpaired) electrons. The summed E-state index contributed by atoms with van der Waals surface area (Å²) in [5, 5.41) is 19.1. The number of nitro groups is 1. The first-order valence-electron chi connectivity index (χ1n) is 3.68. The number of rotatable bonds is 4. The minimum atomic E-state index is -0.629. The summed E-state index contributed by atoms with van der Waals surface area (Å²) in [4.78, 5) is 13.4. The predicted octanol–water partition coefficient (Wildman–Crippen LogP) is 1.01. The van der Waals surface area contributed by atoms with Gasteiger partial charge in [-0.1, -0.05) is 11.6 Å². The zero-order valence-corrected chi connectivity index (χ0v) is 7.77. The number of aromatic nitrogens is 1. The first kappa shape index (κ1) is 10.7. The van der Waals surface area contributed by atoms with E-state index in [1.54, 1.807) is 0 Å². The number of aliphatic hydroxyl groups excluding tert-OH is 1. The lowest BCUT2D eigenvalue weighted by atomic mass is 10.4. The normalized spacial score (nSPS) is 9.86. The minimum absolute atomic E-state index is 0.00375. The molecule has 1 N–H and O–H groups in total. The maximum absolute atomic E-state index is 10.5. The van der Waals surface area contributed by atoms with Crippen molar-refractivity contribution in [2.24, 2.45) is 0 Å². The smallest absolute Gasteiger partial charge is 0.329 e. The number of ether oxygens (including phenoxy) is 1. The Balaban J connectivity index is 2.97. The summed E-state index contributed by atoms with van der Waals surface area (Å²) in [5.41, 5.74) is -0.275. The standard InChI is InChI=1S/C7H7ClN2O4/c8-7-3-6(14-2-1-11)5(4-9-7)10(12)13/h3-4,11H,1-2H2. The minimum Gasteiger partial charge on any atom is -0.484 e. The second-order valence-corrected chi connectivity index (χ2v) is 2.69. The summed E-state index contributed by atoms with van der Waals surface area (Å²) >= 11 is 5.52. The van der Waals surface area contributed by atoms with E-state index in [4.69, 9.17) is 21.4 Å². The molecule has 0 aromatic carbocycles. The molecule has 0 atom stereocenters. The molecule has 76 valence electrons. The van der Waals surface area contributed by atoms with Gasteiger partial charge in [-0.25, -0.2) is 4.98 Å². The Morgan fingerprint density at radius 1 is 1.71 bits per heavy atom. The number of hydrogen-bond acceptors (Lipinski definition) is 5. The van der Waals surface area contributed by atoms with Crippen LogP contribution in [-0.4, -0.2) is 28.2 Å². The van der Waals surface area contributed by atoms with Crippen molar-refractivity contribution in [1.29, 1.82) is 0 Å². The Morgan fingerprint density at radius 3 is 3.00 bits per heavy atom. The summed E-state index contributed by atoms with van der Waals surface area (Å²) in [5.74, 6) is 0.00375. The van der Waals surface area contributed by atoms with Gasteiger partial charge in [0.1, 0.15) is 18.0 Å². The molecule has 0 amide bonds. The van der Waals surface area contributed by atoms with Gasteiger partial charge in [-0.05, 0) is 0 Å². The Hall–Kier alpha value is -1.40. The van der Waals surface area contributed by atoms with Crippen molar-refractivity contribution >= 4 is 17.3 Å². The Morgan fingerprint density at radius 2 is 2.43 bits per heavy atom. The second-order valence-electron chi connectivity index (χ2n) is 2.30. The third-order valence-corrected chi connectivity index (χ3v) is 1.57. The van der Waals surface area contributed by atoms with Crippen LogP contribution in [0.5, 0.6) is 5.75 Å². The Bertz CT molecular complexity index is 344. The monoisotopic (exact) mass is 218 g/mol. The maximum Gasteiger partial charge on any atom is 0.329 e. The first-order chi connectivity index (χ1) is 6.65. The molecule has 0 aliphatic rings. The van der Waals surface area contributed by atoms with Crippen LogP contribution < -0.4 is 4.74 Å². The van der Waals surface area contributed by atoms with E-state index in [2.05, 4.69) is 4.98 Å². The molecule has 0 fully saturated rings. The van der Waals surface area contributed by atoms with Gasteiger partial charge in [-0.15, -0.1) is 0 Å². The van der Waals surface area contributed by atoms with Crippen molar-refractivity contribution in [3.8, 4) is 5.75 Å². The van der Waals surface area contributed by atoms with Crippen LogP contribution >= 0.6 is 11.6 Å². The molecular weight excluding hydrogens is 212 g/mol. The fraction of sp³-hybridized carbons (Fsp3) is 0.286. The van der Waals surface area contributed by atoms with E-state index in [1.165, 1.54) is 6.07 Å². The van der Waals surface area contributed by atoms with E-state index in [0.29, 0.717) is 0 Å². The molecule has 1 heterocycles. The number of halogens is 1. The first-order valence-corrected chi connectivity index (χ1v) is 4.06. The van der Waals surface area contributed by atoms with Crippen molar-refractivity contribution in [3.05, 3.63) is 27.5 Å². The highest BCUT2D eigenvalue weighted by Crippen LogP contribution is 2.27. The molecule has 14 heavy (non-hydrogen) atoms. The van der Waals surface area contributed by atoms with E-state index in [9.17, 15) is 10.1 Å². The number of nitrogens with zero attached hydrogens (tertiary/aromatic N) is 2. The fourth-order valence-corrected chi connectivity index (χ4v) is 0.962. The van der Waals surface area contributed by atoms with Crippen molar-refractivity contribution < 1.29 is 14.8 Å². The molecule has 7 heteroatoms. The molecular formula is C7H7ClN2O4. The van der Waals surface area contributed by atoms with Crippen LogP contribution in [0, 0.1) is 10.1 Å². The molecule has 1 rings (SSSR count). The Labute approximate surface area is 84.2 Å². The fourth-order valence-electron chi connectivity index (χ4n) is 0.814. The average molecular weight is 219 g/mol. The van der Waals surface area contributed by atoms with Crippen LogP contribution in [0.4, 0.5) is 5.69 Å². The molecule has 0 bridgehead atoms. The van der Waals surface area contributed by atoms with Crippen LogP contribution in [0.1, 0.15) is 0 Å². The highest BCUT2D eigenvalue weighted by molar-refractivity contribution is 6.29. The van der Waals surface area contributed by atoms with Gasteiger partial charge in [0.05, 0.1) is 11.5 Å². The van der Waals surface area contributed by atoms with Crippen LogP contribution in [0.25, 0.3) is 0 Å². The van der Waals surface area contributed by atoms with E-state index in [-0.39, 0.29) is 29.8 Å². The zero-order chi connectivity index (χ0) is 10.6. The maximum atomic E-state index is 10.5. The molecule has 1 aromatic heterocycles. The summed E-state index contributed by atoms with van der Waals surface area (Å²) in [6.07, 6.45) is 1.01. The molecule has 0 unspecified atom stereocenters. The lowest BCUT2D eigenvalue weighted by Gasteiger charge is -2.04. The van der Waals surface area contributed by atoms with Crippen LogP contribution in [0.3, 0.4) is 0 Å². The molecule has 1 aromatic rings. The molecule has 0 aliphatic heterocycles. The van der Waals surface area contributed by atoms with E-state index in [1.807, 2.05) is 0 Å². The third-order valence-electron chi connectivity index (χ3n) is 1.36. The van der Waals surface area contributed by atoms with Crippen LogP contribution in [0.2, 0.25) is 5.15 Å². The highest BCUT2D eigenvalue weighted by Gasteiger charge is 2.15. The van der Waals surface area contributed by atoms with E-state index >= 15 is 0 Å². The topological polar surface area (TPSA) is 85.5 Å². The molecule has 0 spiro atoms. The lowest BCUT2D eigenvalue weighted by Crippen LogP contribution is -2.04. The average Bonchev–Trinajstić information content (AvgIpc) is 2.14. The summed E-state index contributed by atoms with van der Waals surface area (Å²) in [7, 11) is 0. The predicted molar refractivity (Wildman–Crippen MR) is 48.5 cm³/mol. The van der Waals surface area contributed by atoms with Gasteiger partial charge >= 0.3 is 5.69 Å². The SMILES string of the molecule is O=[N+]([O-])c1cnc(Cl)cc1OCCO. The molecule has 0 saturated heterocycles. The summed E-state index contributed by atoms with van der Waals surface area (Å²) < 4.78 is 4.91. The van der Waals surface area contributed by atoms with Gasteiger partial charge in [-0.3, -0.25) is 10.1 Å².